The molecule has 0 aliphatic rings. The molecule has 2 N–H and O–H groups in total. The van der Waals surface area contributed by atoms with Crippen LogP contribution in [0, 0.1) is 11.3 Å². The molecule has 0 aliphatic heterocycles. The highest BCUT2D eigenvalue weighted by Crippen LogP contribution is 2.09. The number of nitriles is 1. The van der Waals surface area contributed by atoms with Crippen molar-refractivity contribution in [3.05, 3.63) is 42.0 Å². The van der Waals surface area contributed by atoms with Crippen molar-refractivity contribution in [2.45, 2.75) is 6.54 Å². The second kappa shape index (κ2) is 5.64. The first-order valence-electron chi connectivity index (χ1n) is 5.55. The van der Waals surface area contributed by atoms with E-state index in [2.05, 4.69) is 20.5 Å². The number of rotatable bonds is 3. The Morgan fingerprint density at radius 2 is 2.21 bits per heavy atom. The molecule has 0 saturated carbocycles. The molecular formula is C12H12N6O. The lowest BCUT2D eigenvalue weighted by atomic mass is 10.2. The van der Waals surface area contributed by atoms with Crippen molar-refractivity contribution in [2.75, 3.05) is 12.4 Å². The molecule has 0 aliphatic carbocycles. The van der Waals surface area contributed by atoms with Crippen molar-refractivity contribution in [3.63, 3.8) is 0 Å². The van der Waals surface area contributed by atoms with Crippen LogP contribution in [-0.4, -0.2) is 33.2 Å². The van der Waals surface area contributed by atoms with Crippen LogP contribution in [0.3, 0.4) is 0 Å². The molecule has 0 saturated heterocycles. The zero-order valence-electron chi connectivity index (χ0n) is 10.3. The summed E-state index contributed by atoms with van der Waals surface area (Å²) in [4.78, 5) is 17.3. The first-order valence-corrected chi connectivity index (χ1v) is 5.55. The van der Waals surface area contributed by atoms with Crippen LogP contribution in [0.2, 0.25) is 0 Å². The molecule has 1 aromatic carbocycles. The molecule has 96 valence electrons. The van der Waals surface area contributed by atoms with Crippen LogP contribution in [-0.2, 0) is 6.54 Å². The zero-order valence-corrected chi connectivity index (χ0v) is 10.3. The number of nitrogens with one attached hydrogen (secondary N) is 2. The number of aromatic amines is 1. The van der Waals surface area contributed by atoms with Gasteiger partial charge in [-0.25, -0.2) is 9.78 Å². The Bertz CT molecular complexity index is 584. The van der Waals surface area contributed by atoms with Crippen LogP contribution in [0.4, 0.5) is 10.5 Å². The third-order valence-corrected chi connectivity index (χ3v) is 2.46. The molecule has 7 nitrogen and oxygen atoms in total. The monoisotopic (exact) mass is 256 g/mol. The Morgan fingerprint density at radius 1 is 1.47 bits per heavy atom. The Morgan fingerprint density at radius 3 is 2.79 bits per heavy atom. The van der Waals surface area contributed by atoms with Gasteiger partial charge in [-0.15, -0.1) is 0 Å². The summed E-state index contributed by atoms with van der Waals surface area (Å²) in [6.07, 6.45) is 1.39. The Kier molecular flexibility index (Phi) is 3.73. The highest BCUT2D eigenvalue weighted by molar-refractivity contribution is 5.89. The summed E-state index contributed by atoms with van der Waals surface area (Å²) in [5, 5.41) is 17.8. The van der Waals surface area contributed by atoms with Gasteiger partial charge in [-0.2, -0.15) is 10.4 Å². The van der Waals surface area contributed by atoms with Gasteiger partial charge in [0.05, 0.1) is 18.2 Å². The predicted molar refractivity (Wildman–Crippen MR) is 68.0 cm³/mol. The maximum Gasteiger partial charge on any atom is 0.321 e. The number of H-pyrrole nitrogens is 1. The van der Waals surface area contributed by atoms with Crippen molar-refractivity contribution in [3.8, 4) is 6.07 Å². The summed E-state index contributed by atoms with van der Waals surface area (Å²) in [6.45, 7) is 0.335. The van der Waals surface area contributed by atoms with Gasteiger partial charge in [0.1, 0.15) is 12.2 Å². The molecular weight excluding hydrogens is 244 g/mol. The van der Waals surface area contributed by atoms with E-state index in [1.54, 1.807) is 31.3 Å². The van der Waals surface area contributed by atoms with E-state index in [1.807, 2.05) is 6.07 Å². The fraction of sp³-hybridized carbons (Fsp3) is 0.167. The number of carbonyl (C=O) groups is 1. The minimum Gasteiger partial charge on any atom is -0.320 e. The second-order valence-corrected chi connectivity index (χ2v) is 3.91. The van der Waals surface area contributed by atoms with Crippen LogP contribution in [0.1, 0.15) is 11.4 Å². The van der Waals surface area contributed by atoms with Gasteiger partial charge < -0.3 is 10.2 Å². The van der Waals surface area contributed by atoms with E-state index < -0.39 is 0 Å². The molecule has 19 heavy (non-hydrogen) atoms. The summed E-state index contributed by atoms with van der Waals surface area (Å²) in [5.74, 6) is 0.609. The maximum atomic E-state index is 11.9. The lowest BCUT2D eigenvalue weighted by molar-refractivity contribution is 0.219. The van der Waals surface area contributed by atoms with Gasteiger partial charge in [-0.3, -0.25) is 5.10 Å². The molecule has 0 atom stereocenters. The first kappa shape index (κ1) is 12.6. The number of hydrogen-bond donors (Lipinski definition) is 2. The van der Waals surface area contributed by atoms with Crippen LogP contribution < -0.4 is 5.32 Å². The van der Waals surface area contributed by atoms with Crippen molar-refractivity contribution in [1.82, 2.24) is 20.1 Å². The summed E-state index contributed by atoms with van der Waals surface area (Å²) < 4.78 is 0. The molecule has 0 spiro atoms. The van der Waals surface area contributed by atoms with Gasteiger partial charge in [0.25, 0.3) is 0 Å². The number of aromatic nitrogens is 3. The van der Waals surface area contributed by atoms with Gasteiger partial charge in [0.15, 0.2) is 0 Å². The topological polar surface area (TPSA) is 97.7 Å². The van der Waals surface area contributed by atoms with Crippen molar-refractivity contribution >= 4 is 11.7 Å². The number of urea groups is 1. The summed E-state index contributed by atoms with van der Waals surface area (Å²) >= 11 is 0. The van der Waals surface area contributed by atoms with Crippen LogP contribution >= 0.6 is 0 Å². The minimum absolute atomic E-state index is 0.263. The predicted octanol–water partition coefficient (Wildman–Crippen LogP) is 1.34. The molecule has 0 fully saturated rings. The van der Waals surface area contributed by atoms with E-state index in [-0.39, 0.29) is 6.03 Å². The van der Waals surface area contributed by atoms with Crippen LogP contribution in [0.5, 0.6) is 0 Å². The molecule has 2 amide bonds. The smallest absolute Gasteiger partial charge is 0.320 e. The molecule has 1 aromatic heterocycles. The number of hydrogen-bond acceptors (Lipinski definition) is 4. The van der Waals surface area contributed by atoms with Gasteiger partial charge in [0.2, 0.25) is 0 Å². The molecule has 0 radical (unpaired) electrons. The highest BCUT2D eigenvalue weighted by atomic mass is 16.2. The van der Waals surface area contributed by atoms with E-state index in [9.17, 15) is 4.79 Å². The van der Waals surface area contributed by atoms with Gasteiger partial charge >= 0.3 is 6.03 Å². The summed E-state index contributed by atoms with van der Waals surface area (Å²) in [5.41, 5.74) is 1.18. The number of nitrogens with zero attached hydrogens (tertiary/aromatic N) is 4. The standard InChI is InChI=1S/C12H12N6O/c1-18(7-11-14-8-15-17-11)12(19)16-10-4-2-9(6-13)3-5-10/h2-5,8H,7H2,1H3,(H,16,19)(H,14,15,17). The lowest BCUT2D eigenvalue weighted by Crippen LogP contribution is -2.31. The first-order chi connectivity index (χ1) is 9.19. The summed E-state index contributed by atoms with van der Waals surface area (Å²) in [7, 11) is 1.65. The average Bonchev–Trinajstić information content (AvgIpc) is 2.92. The average molecular weight is 256 g/mol. The second-order valence-electron chi connectivity index (χ2n) is 3.91. The number of amides is 2. The number of carbonyl (C=O) groups excluding carboxylic acids is 1. The van der Waals surface area contributed by atoms with E-state index in [1.165, 1.54) is 11.2 Å². The van der Waals surface area contributed by atoms with Gasteiger partial charge in [-0.1, -0.05) is 0 Å². The number of benzene rings is 1. The van der Waals surface area contributed by atoms with Crippen molar-refractivity contribution in [1.29, 1.82) is 5.26 Å². The fourth-order valence-corrected chi connectivity index (χ4v) is 1.45. The van der Waals surface area contributed by atoms with Crippen molar-refractivity contribution in [2.24, 2.45) is 0 Å². The Balaban J connectivity index is 1.94. The SMILES string of the molecule is CN(Cc1ncn[nH]1)C(=O)Nc1ccc(C#N)cc1. The van der Waals surface area contributed by atoms with Crippen LogP contribution in [0.15, 0.2) is 30.6 Å². The Labute approximate surface area is 109 Å². The summed E-state index contributed by atoms with van der Waals surface area (Å²) in [6, 6.07) is 8.40. The molecule has 2 aromatic rings. The van der Waals surface area contributed by atoms with E-state index >= 15 is 0 Å². The van der Waals surface area contributed by atoms with Crippen LogP contribution in [0.25, 0.3) is 0 Å². The normalized spacial score (nSPS) is 9.68. The van der Waals surface area contributed by atoms with E-state index in [0.717, 1.165) is 0 Å². The fourth-order valence-electron chi connectivity index (χ4n) is 1.45. The quantitative estimate of drug-likeness (QED) is 0.865. The lowest BCUT2D eigenvalue weighted by Gasteiger charge is -2.16. The largest absolute Gasteiger partial charge is 0.321 e. The number of anilines is 1. The molecule has 7 heteroatoms. The van der Waals surface area contributed by atoms with E-state index in [0.29, 0.717) is 23.6 Å². The maximum absolute atomic E-state index is 11.9. The zero-order chi connectivity index (χ0) is 13.7. The van der Waals surface area contributed by atoms with Crippen molar-refractivity contribution < 1.29 is 4.79 Å². The van der Waals surface area contributed by atoms with Gasteiger partial charge in [0, 0.05) is 12.7 Å². The molecule has 0 unspecified atom stereocenters. The molecule has 0 bridgehead atoms. The van der Waals surface area contributed by atoms with E-state index in [4.69, 9.17) is 5.26 Å². The van der Waals surface area contributed by atoms with Gasteiger partial charge in [-0.05, 0) is 24.3 Å². The minimum atomic E-state index is -0.263. The Hall–Kier alpha value is -2.88. The molecule has 2 rings (SSSR count). The third kappa shape index (κ3) is 3.29. The highest BCUT2D eigenvalue weighted by Gasteiger charge is 2.10. The third-order valence-electron chi connectivity index (χ3n) is 2.46. The molecule has 1 heterocycles.